The maximum absolute atomic E-state index is 14.8. The number of nitro benzene ring substituents is 1. The lowest BCUT2D eigenvalue weighted by atomic mass is 9.98. The van der Waals surface area contributed by atoms with E-state index in [1.165, 1.54) is 18.2 Å². The number of nitrogens with zero attached hydrogens (tertiary/aromatic N) is 2. The Labute approximate surface area is 200 Å². The van der Waals surface area contributed by atoms with Crippen molar-refractivity contribution in [2.24, 2.45) is 0 Å². The highest BCUT2D eigenvalue weighted by atomic mass is 79.9. The largest absolute Gasteiger partial charge is 0.598 e. The first-order valence-electron chi connectivity index (χ1n) is 9.26. The number of hydrogen-bond acceptors (Lipinski definition) is 6. The van der Waals surface area contributed by atoms with Crippen LogP contribution in [0.1, 0.15) is 38.8 Å². The molecule has 3 atom stereocenters. The highest BCUT2D eigenvalue weighted by Gasteiger charge is 2.32. The van der Waals surface area contributed by atoms with E-state index < -0.39 is 44.8 Å². The molecule has 2 N–H and O–H groups in total. The number of anilines is 1. The Hall–Kier alpha value is -1.97. The Morgan fingerprint density at radius 3 is 2.50 bits per heavy atom. The third-order valence-corrected chi connectivity index (χ3v) is 6.81. The zero-order valence-corrected chi connectivity index (χ0v) is 20.4. The molecule has 0 spiro atoms. The summed E-state index contributed by atoms with van der Waals surface area (Å²) in [5, 5.41) is 24.1. The van der Waals surface area contributed by atoms with Gasteiger partial charge in [0.05, 0.1) is 17.0 Å². The van der Waals surface area contributed by atoms with E-state index in [1.54, 1.807) is 20.8 Å². The number of nitro groups is 1. The summed E-state index contributed by atoms with van der Waals surface area (Å²) in [5.41, 5.74) is -0.390. The van der Waals surface area contributed by atoms with Crippen LogP contribution < -0.4 is 10.0 Å². The smallest absolute Gasteiger partial charge is 0.292 e. The summed E-state index contributed by atoms with van der Waals surface area (Å²) < 4.78 is 43.0. The van der Waals surface area contributed by atoms with Crippen LogP contribution in [0.4, 0.5) is 20.2 Å². The zero-order valence-electron chi connectivity index (χ0n) is 17.3. The van der Waals surface area contributed by atoms with Gasteiger partial charge >= 0.3 is 0 Å². The molecule has 0 bridgehead atoms. The normalized spacial score (nSPS) is 14.3. The van der Waals surface area contributed by atoms with Gasteiger partial charge in [0.25, 0.3) is 5.69 Å². The summed E-state index contributed by atoms with van der Waals surface area (Å²) in [4.78, 5) is 10.8. The van der Waals surface area contributed by atoms with E-state index in [1.807, 2.05) is 6.07 Å². The molecule has 0 aliphatic heterocycles. The lowest BCUT2D eigenvalue weighted by Gasteiger charge is -2.28. The Kier molecular flexibility index (Phi) is 8.84. The minimum absolute atomic E-state index is 0.0169. The molecule has 172 valence electrons. The molecule has 12 heteroatoms. The van der Waals surface area contributed by atoms with Crippen LogP contribution in [0.2, 0.25) is 5.02 Å². The fourth-order valence-electron chi connectivity index (χ4n) is 2.77. The average molecular weight is 550 g/mol. The molecule has 0 amide bonds. The third-order valence-electron chi connectivity index (χ3n) is 4.31. The number of rotatable bonds is 8. The van der Waals surface area contributed by atoms with Gasteiger partial charge < -0.3 is 9.87 Å². The quantitative estimate of drug-likeness (QED) is 0.245. The van der Waals surface area contributed by atoms with Crippen LogP contribution in [-0.2, 0) is 11.4 Å². The van der Waals surface area contributed by atoms with E-state index >= 15 is 0 Å². The molecule has 2 rings (SSSR count). The molecule has 2 aromatic carbocycles. The summed E-state index contributed by atoms with van der Waals surface area (Å²) in [5.74, 6) is -1.75. The van der Waals surface area contributed by atoms with Crippen LogP contribution in [-0.4, -0.2) is 20.3 Å². The molecule has 0 fully saturated rings. The Morgan fingerprint density at radius 1 is 1.31 bits per heavy atom. The van der Waals surface area contributed by atoms with E-state index in [0.717, 1.165) is 6.07 Å². The highest BCUT2D eigenvalue weighted by molar-refractivity contribution is 9.10. The number of nitrogens with one attached hydrogen (secondary N) is 2. The number of nitriles is 1. The van der Waals surface area contributed by atoms with E-state index in [0.29, 0.717) is 6.07 Å². The van der Waals surface area contributed by atoms with Crippen LogP contribution in [0.15, 0.2) is 34.8 Å². The van der Waals surface area contributed by atoms with Gasteiger partial charge in [-0.05, 0) is 39.0 Å². The van der Waals surface area contributed by atoms with Gasteiger partial charge in [-0.25, -0.2) is 8.78 Å². The fourth-order valence-corrected chi connectivity index (χ4v) is 4.39. The lowest BCUT2D eigenvalue weighted by Crippen LogP contribution is -2.45. The Balaban J connectivity index is 2.51. The van der Waals surface area contributed by atoms with Crippen LogP contribution in [0, 0.1) is 33.1 Å². The summed E-state index contributed by atoms with van der Waals surface area (Å²) >= 11 is 7.50. The van der Waals surface area contributed by atoms with Gasteiger partial charge in [0, 0.05) is 45.0 Å². The first kappa shape index (κ1) is 26.3. The van der Waals surface area contributed by atoms with Crippen molar-refractivity contribution in [3.63, 3.8) is 0 Å². The highest BCUT2D eigenvalue weighted by Crippen LogP contribution is 2.36. The van der Waals surface area contributed by atoms with Crippen molar-refractivity contribution in [1.29, 1.82) is 5.26 Å². The monoisotopic (exact) mass is 548 g/mol. The molecule has 0 saturated carbocycles. The third kappa shape index (κ3) is 6.76. The van der Waals surface area contributed by atoms with Crippen molar-refractivity contribution in [3.05, 3.63) is 67.1 Å². The minimum atomic E-state index is -1.61. The molecule has 7 nitrogen and oxygen atoms in total. The summed E-state index contributed by atoms with van der Waals surface area (Å²) in [6.07, 6.45) is -0.150. The zero-order chi connectivity index (χ0) is 24.2. The van der Waals surface area contributed by atoms with Crippen molar-refractivity contribution < 1.29 is 18.3 Å². The van der Waals surface area contributed by atoms with Crippen molar-refractivity contribution in [2.45, 2.75) is 44.0 Å². The molecule has 0 unspecified atom stereocenters. The first-order valence-corrected chi connectivity index (χ1v) is 11.6. The molecule has 2 aromatic rings. The molecule has 0 heterocycles. The SMILES string of the molecule is CC(C)(C)[S@@+]([O-])N[C@@H](C#N)C[C@@H](Nc1cc(Cl)ccc1[N+](=O)[O-])c1c(F)cc(F)cc1Br. The maximum atomic E-state index is 14.8. The average Bonchev–Trinajstić information content (AvgIpc) is 2.65. The summed E-state index contributed by atoms with van der Waals surface area (Å²) in [6.45, 7) is 5.14. The number of hydrogen-bond donors (Lipinski definition) is 2. The van der Waals surface area contributed by atoms with E-state index in [-0.39, 0.29) is 32.9 Å². The Bertz CT molecular complexity index is 1030. The van der Waals surface area contributed by atoms with Crippen molar-refractivity contribution >= 4 is 50.3 Å². The van der Waals surface area contributed by atoms with Gasteiger partial charge in [-0.3, -0.25) is 10.1 Å². The molecule has 0 aliphatic rings. The van der Waals surface area contributed by atoms with E-state index in [9.17, 15) is 28.7 Å². The number of halogens is 4. The van der Waals surface area contributed by atoms with Crippen molar-refractivity contribution in [2.75, 3.05) is 5.32 Å². The van der Waals surface area contributed by atoms with Gasteiger partial charge in [0.15, 0.2) is 0 Å². The molecule has 0 aliphatic carbocycles. The van der Waals surface area contributed by atoms with Crippen LogP contribution in [0.25, 0.3) is 0 Å². The standard InChI is InChI=1S/C20H20BrClF2N4O3S/c1-20(2,3)32(31)27-13(10-25)9-17(19-14(21)7-12(23)8-15(19)24)26-16-6-11(22)4-5-18(16)28(29)30/h4-8,13,17,26-27H,9H2,1-3H3/t13-,17-,32-/m1/s1. The summed E-state index contributed by atoms with van der Waals surface area (Å²) in [7, 11) is 0. The maximum Gasteiger partial charge on any atom is 0.292 e. The number of benzene rings is 2. The van der Waals surface area contributed by atoms with Crippen LogP contribution >= 0.6 is 27.5 Å². The van der Waals surface area contributed by atoms with Crippen molar-refractivity contribution in [3.8, 4) is 6.07 Å². The van der Waals surface area contributed by atoms with Crippen LogP contribution in [0.3, 0.4) is 0 Å². The fraction of sp³-hybridized carbons (Fsp3) is 0.350. The van der Waals surface area contributed by atoms with Gasteiger partial charge in [-0.2, -0.15) is 5.26 Å². The second-order valence-electron chi connectivity index (χ2n) is 7.81. The molecule has 32 heavy (non-hydrogen) atoms. The first-order chi connectivity index (χ1) is 14.8. The Morgan fingerprint density at radius 2 is 1.97 bits per heavy atom. The van der Waals surface area contributed by atoms with Gasteiger partial charge in [0.2, 0.25) is 0 Å². The predicted molar refractivity (Wildman–Crippen MR) is 124 cm³/mol. The second kappa shape index (κ2) is 10.8. The predicted octanol–water partition coefficient (Wildman–Crippen LogP) is 5.78. The van der Waals surface area contributed by atoms with Gasteiger partial charge in [0.1, 0.15) is 28.1 Å². The topological polar surface area (TPSA) is 114 Å². The van der Waals surface area contributed by atoms with E-state index in [2.05, 4.69) is 26.0 Å². The molecular weight excluding hydrogens is 530 g/mol. The molecule has 0 aromatic heterocycles. The van der Waals surface area contributed by atoms with Crippen LogP contribution in [0.5, 0.6) is 0 Å². The molecular formula is C20H20BrClF2N4O3S. The van der Waals surface area contributed by atoms with Crippen molar-refractivity contribution in [1.82, 2.24) is 4.72 Å². The lowest BCUT2D eigenvalue weighted by molar-refractivity contribution is -0.384. The second-order valence-corrected chi connectivity index (χ2v) is 11.1. The van der Waals surface area contributed by atoms with Gasteiger partial charge in [-0.1, -0.05) is 27.5 Å². The molecule has 0 saturated heterocycles. The minimum Gasteiger partial charge on any atom is -0.598 e. The molecule has 0 radical (unpaired) electrons. The van der Waals surface area contributed by atoms with E-state index in [4.69, 9.17) is 11.6 Å². The van der Waals surface area contributed by atoms with Gasteiger partial charge in [-0.15, -0.1) is 4.72 Å². The summed E-state index contributed by atoms with van der Waals surface area (Å²) in [6, 6.07) is 5.43.